The van der Waals surface area contributed by atoms with Crippen molar-refractivity contribution in [1.82, 2.24) is 16.2 Å². The van der Waals surface area contributed by atoms with Gasteiger partial charge in [0.15, 0.2) is 0 Å². The van der Waals surface area contributed by atoms with E-state index in [-0.39, 0.29) is 12.5 Å². The Balaban J connectivity index is 1.19. The second-order valence-corrected chi connectivity index (χ2v) is 9.55. The molecule has 0 aliphatic rings. The largest absolute Gasteiger partial charge is 0.343 e. The molecule has 0 saturated heterocycles. The number of halogens is 1. The minimum Gasteiger partial charge on any atom is -0.343 e. The van der Waals surface area contributed by atoms with Crippen molar-refractivity contribution >= 4 is 41.1 Å². The summed E-state index contributed by atoms with van der Waals surface area (Å²) in [5.74, 6) is -0.630. The molecule has 8 heteroatoms. The summed E-state index contributed by atoms with van der Waals surface area (Å²) in [6.45, 7) is -0.277. The first kappa shape index (κ1) is 26.0. The average molecular weight is 530 g/mol. The van der Waals surface area contributed by atoms with Crippen LogP contribution >= 0.6 is 23.4 Å². The summed E-state index contributed by atoms with van der Waals surface area (Å²) < 4.78 is 0. The molecule has 0 fully saturated rings. The Morgan fingerprint density at radius 2 is 1.24 bits per heavy atom. The van der Waals surface area contributed by atoms with Crippen LogP contribution in [-0.4, -0.2) is 24.3 Å². The van der Waals surface area contributed by atoms with Gasteiger partial charge in [-0.1, -0.05) is 66.2 Å². The number of carbonyl (C=O) groups is 3. The van der Waals surface area contributed by atoms with E-state index in [9.17, 15) is 14.4 Å². The number of hydrogen-bond donors (Lipinski definition) is 3. The summed E-state index contributed by atoms with van der Waals surface area (Å²) in [4.78, 5) is 37.9. The van der Waals surface area contributed by atoms with Gasteiger partial charge in [-0.15, -0.1) is 11.8 Å². The van der Waals surface area contributed by atoms with E-state index in [4.69, 9.17) is 11.6 Å². The lowest BCUT2D eigenvalue weighted by Crippen LogP contribution is -2.46. The summed E-state index contributed by atoms with van der Waals surface area (Å²) in [6, 6.07) is 31.7. The molecule has 4 aromatic carbocycles. The van der Waals surface area contributed by atoms with E-state index in [1.54, 1.807) is 36.0 Å². The van der Waals surface area contributed by atoms with Crippen LogP contribution in [0.25, 0.3) is 11.1 Å². The van der Waals surface area contributed by atoms with Gasteiger partial charge in [0, 0.05) is 26.8 Å². The molecule has 0 aromatic heterocycles. The van der Waals surface area contributed by atoms with Crippen molar-refractivity contribution in [2.45, 2.75) is 10.6 Å². The first-order valence-electron chi connectivity index (χ1n) is 11.5. The molecule has 0 saturated carbocycles. The standard InChI is InChI=1S/C29H24ClN3O3S/c30-25-14-16-26(17-15-25)37-19-20-6-8-24(9-7-20)29(36)33-32-27(34)18-31-28(35)23-12-10-22(11-13-23)21-4-2-1-3-5-21/h1-17H,18-19H2,(H,31,35)(H,32,34)(H,33,36). The Labute approximate surface area is 224 Å². The van der Waals surface area contributed by atoms with E-state index < -0.39 is 11.8 Å². The van der Waals surface area contributed by atoms with Crippen molar-refractivity contribution < 1.29 is 14.4 Å². The van der Waals surface area contributed by atoms with Crippen molar-refractivity contribution in [2.75, 3.05) is 6.54 Å². The van der Waals surface area contributed by atoms with Crippen molar-refractivity contribution in [1.29, 1.82) is 0 Å². The number of hydrogen-bond acceptors (Lipinski definition) is 4. The average Bonchev–Trinajstić information content (AvgIpc) is 2.95. The normalized spacial score (nSPS) is 10.4. The molecule has 0 heterocycles. The molecule has 3 amide bonds. The second kappa shape index (κ2) is 12.8. The van der Waals surface area contributed by atoms with Gasteiger partial charge >= 0.3 is 0 Å². The number of amides is 3. The first-order valence-corrected chi connectivity index (χ1v) is 12.8. The number of nitrogens with one attached hydrogen (secondary N) is 3. The molecular formula is C29H24ClN3O3S. The van der Waals surface area contributed by atoms with Crippen LogP contribution < -0.4 is 16.2 Å². The maximum Gasteiger partial charge on any atom is 0.269 e. The van der Waals surface area contributed by atoms with Gasteiger partial charge in [0.05, 0.1) is 6.54 Å². The fourth-order valence-electron chi connectivity index (χ4n) is 3.40. The first-order chi connectivity index (χ1) is 18.0. The van der Waals surface area contributed by atoms with Gasteiger partial charge in [0.2, 0.25) is 0 Å². The Morgan fingerprint density at radius 1 is 0.649 bits per heavy atom. The van der Waals surface area contributed by atoms with E-state index in [1.165, 1.54) is 0 Å². The zero-order valence-corrected chi connectivity index (χ0v) is 21.3. The summed E-state index contributed by atoms with van der Waals surface area (Å²) >= 11 is 7.57. The highest BCUT2D eigenvalue weighted by Gasteiger charge is 2.11. The second-order valence-electron chi connectivity index (χ2n) is 8.07. The molecule has 0 aliphatic heterocycles. The predicted octanol–water partition coefficient (Wildman–Crippen LogP) is 5.49. The molecule has 4 rings (SSSR count). The summed E-state index contributed by atoms with van der Waals surface area (Å²) in [6.07, 6.45) is 0. The van der Waals surface area contributed by atoms with Gasteiger partial charge in [-0.25, -0.2) is 0 Å². The van der Waals surface area contributed by atoms with Crippen LogP contribution in [0.2, 0.25) is 5.02 Å². The Kier molecular flexibility index (Phi) is 8.97. The fourth-order valence-corrected chi connectivity index (χ4v) is 4.38. The van der Waals surface area contributed by atoms with Crippen molar-refractivity contribution in [3.8, 4) is 11.1 Å². The van der Waals surface area contributed by atoms with E-state index in [1.807, 2.05) is 78.9 Å². The maximum atomic E-state index is 12.4. The third-order valence-corrected chi connectivity index (χ3v) is 6.75. The lowest BCUT2D eigenvalue weighted by molar-refractivity contribution is -0.120. The molecule has 3 N–H and O–H groups in total. The zero-order valence-electron chi connectivity index (χ0n) is 19.7. The predicted molar refractivity (Wildman–Crippen MR) is 147 cm³/mol. The maximum absolute atomic E-state index is 12.4. The van der Waals surface area contributed by atoms with Gasteiger partial charge in [0.25, 0.3) is 17.7 Å². The van der Waals surface area contributed by atoms with Gasteiger partial charge in [0.1, 0.15) is 0 Å². The number of rotatable bonds is 8. The third-order valence-electron chi connectivity index (χ3n) is 5.41. The van der Waals surface area contributed by atoms with Crippen LogP contribution in [0.1, 0.15) is 26.3 Å². The smallest absolute Gasteiger partial charge is 0.269 e. The van der Waals surface area contributed by atoms with Gasteiger partial charge in [-0.05, 0) is 65.2 Å². The van der Waals surface area contributed by atoms with Crippen molar-refractivity contribution in [3.63, 3.8) is 0 Å². The number of hydrazine groups is 1. The van der Waals surface area contributed by atoms with Gasteiger partial charge in [-0.2, -0.15) is 0 Å². The van der Waals surface area contributed by atoms with Crippen LogP contribution in [0, 0.1) is 0 Å². The fraction of sp³-hybridized carbons (Fsp3) is 0.0690. The molecule has 0 spiro atoms. The van der Waals surface area contributed by atoms with E-state index in [0.29, 0.717) is 16.1 Å². The molecule has 37 heavy (non-hydrogen) atoms. The van der Waals surface area contributed by atoms with Crippen molar-refractivity contribution in [2.24, 2.45) is 0 Å². The molecule has 0 bridgehead atoms. The van der Waals surface area contributed by atoms with E-state index in [2.05, 4.69) is 16.2 Å². The topological polar surface area (TPSA) is 87.3 Å². The van der Waals surface area contributed by atoms with Crippen LogP contribution in [0.15, 0.2) is 108 Å². The molecule has 4 aromatic rings. The molecular weight excluding hydrogens is 506 g/mol. The highest BCUT2D eigenvalue weighted by atomic mass is 35.5. The molecule has 6 nitrogen and oxygen atoms in total. The van der Waals surface area contributed by atoms with Crippen LogP contribution in [0.5, 0.6) is 0 Å². The highest BCUT2D eigenvalue weighted by molar-refractivity contribution is 7.98. The summed E-state index contributed by atoms with van der Waals surface area (Å²) in [5.41, 5.74) is 8.62. The summed E-state index contributed by atoms with van der Waals surface area (Å²) in [7, 11) is 0. The highest BCUT2D eigenvalue weighted by Crippen LogP contribution is 2.24. The minimum absolute atomic E-state index is 0.277. The molecule has 0 aliphatic carbocycles. The van der Waals surface area contributed by atoms with Crippen LogP contribution in [0.3, 0.4) is 0 Å². The van der Waals surface area contributed by atoms with E-state index in [0.717, 1.165) is 27.3 Å². The van der Waals surface area contributed by atoms with Gasteiger partial charge < -0.3 is 5.32 Å². The Bertz CT molecular complexity index is 1360. The monoisotopic (exact) mass is 529 g/mol. The third kappa shape index (κ3) is 7.70. The van der Waals surface area contributed by atoms with Crippen LogP contribution in [0.4, 0.5) is 0 Å². The lowest BCUT2D eigenvalue weighted by Gasteiger charge is -2.09. The molecule has 186 valence electrons. The lowest BCUT2D eigenvalue weighted by atomic mass is 10.0. The zero-order chi connectivity index (χ0) is 26.0. The van der Waals surface area contributed by atoms with Crippen molar-refractivity contribution in [3.05, 3.63) is 125 Å². The molecule has 0 unspecified atom stereocenters. The van der Waals surface area contributed by atoms with Gasteiger partial charge in [-0.3, -0.25) is 25.2 Å². The number of carbonyl (C=O) groups excluding carboxylic acids is 3. The summed E-state index contributed by atoms with van der Waals surface area (Å²) in [5, 5.41) is 3.24. The van der Waals surface area contributed by atoms with E-state index >= 15 is 0 Å². The van der Waals surface area contributed by atoms with Crippen LogP contribution in [-0.2, 0) is 10.5 Å². The molecule has 0 radical (unpaired) electrons. The minimum atomic E-state index is -0.543. The number of thioether (sulfide) groups is 1. The quantitative estimate of drug-likeness (QED) is 0.208. The SMILES string of the molecule is O=C(CNC(=O)c1ccc(-c2ccccc2)cc1)NNC(=O)c1ccc(CSc2ccc(Cl)cc2)cc1. The number of benzene rings is 4. The molecule has 0 atom stereocenters. The Hall–Kier alpha value is -4.07. The Morgan fingerprint density at radius 3 is 1.92 bits per heavy atom.